The lowest BCUT2D eigenvalue weighted by atomic mass is 10.0. The number of rotatable bonds is 3. The molecule has 4 rings (SSSR count). The lowest BCUT2D eigenvalue weighted by Gasteiger charge is -2.38. The van der Waals surface area contributed by atoms with Gasteiger partial charge in [0.2, 0.25) is 0 Å². The molecule has 3 aliphatic heterocycles. The molecule has 172 valence electrons. The largest absolute Gasteiger partial charge is 0.416 e. The number of likely N-dealkylation sites (N-methyl/N-ethyl adjacent to an activating group) is 1. The Morgan fingerprint density at radius 2 is 1.71 bits per heavy atom. The van der Waals surface area contributed by atoms with Crippen LogP contribution in [0.4, 0.5) is 29.3 Å². The predicted octanol–water partition coefficient (Wildman–Crippen LogP) is 3.55. The molecule has 1 atom stereocenters. The maximum absolute atomic E-state index is 13.4. The number of carbonyl (C=O) groups excluding carboxylic acids is 1. The van der Waals surface area contributed by atoms with E-state index in [0.29, 0.717) is 37.9 Å². The van der Waals surface area contributed by atoms with E-state index in [4.69, 9.17) is 0 Å². The summed E-state index contributed by atoms with van der Waals surface area (Å²) >= 11 is 0. The Morgan fingerprint density at radius 1 is 1.00 bits per heavy atom. The highest BCUT2D eigenvalue weighted by atomic mass is 19.4. The molecule has 3 aliphatic rings. The van der Waals surface area contributed by atoms with Crippen molar-refractivity contribution in [2.24, 2.45) is 0 Å². The van der Waals surface area contributed by atoms with Crippen LogP contribution >= 0.6 is 0 Å². The molecule has 1 N–H and O–H groups in total. The molecule has 3 saturated heterocycles. The highest BCUT2D eigenvalue weighted by molar-refractivity contribution is 5.93. The number of piperidine rings is 1. The fraction of sp³-hybridized carbons (Fsp3) is 0.682. The Labute approximate surface area is 182 Å². The SMILES string of the molecule is CN1CCN(c2ccc(C(F)(F)F)cc2NC(=O)N2CCC[C@H](N3CCCC3)C2)CC1. The Kier molecular flexibility index (Phi) is 6.62. The second-order valence-corrected chi connectivity index (χ2v) is 8.94. The number of nitrogens with zero attached hydrogens (tertiary/aromatic N) is 4. The maximum atomic E-state index is 13.4. The minimum Gasteiger partial charge on any atom is -0.367 e. The first-order valence-electron chi connectivity index (χ1n) is 11.3. The van der Waals surface area contributed by atoms with Gasteiger partial charge in [0.1, 0.15) is 0 Å². The first kappa shape index (κ1) is 22.2. The van der Waals surface area contributed by atoms with Gasteiger partial charge < -0.3 is 20.0 Å². The van der Waals surface area contributed by atoms with Crippen LogP contribution < -0.4 is 10.2 Å². The molecule has 0 saturated carbocycles. The zero-order chi connectivity index (χ0) is 22.0. The van der Waals surface area contributed by atoms with Crippen LogP contribution in [0.5, 0.6) is 0 Å². The third kappa shape index (κ3) is 5.26. The molecule has 1 aromatic rings. The van der Waals surface area contributed by atoms with Gasteiger partial charge >= 0.3 is 12.2 Å². The molecule has 0 aliphatic carbocycles. The molecule has 3 heterocycles. The van der Waals surface area contributed by atoms with Crippen molar-refractivity contribution in [3.8, 4) is 0 Å². The fourth-order valence-electron chi connectivity index (χ4n) is 4.87. The van der Waals surface area contributed by atoms with E-state index in [1.54, 1.807) is 4.90 Å². The zero-order valence-electron chi connectivity index (χ0n) is 18.1. The third-order valence-corrected chi connectivity index (χ3v) is 6.75. The average Bonchev–Trinajstić information content (AvgIpc) is 3.29. The summed E-state index contributed by atoms with van der Waals surface area (Å²) in [4.78, 5) is 21.5. The Hall–Kier alpha value is -2.00. The smallest absolute Gasteiger partial charge is 0.367 e. The van der Waals surface area contributed by atoms with Crippen LogP contribution in [-0.4, -0.2) is 86.2 Å². The number of halogens is 3. The molecule has 2 amide bonds. The van der Waals surface area contributed by atoms with Gasteiger partial charge in [-0.05, 0) is 64.0 Å². The second-order valence-electron chi connectivity index (χ2n) is 8.94. The minimum atomic E-state index is -4.45. The van der Waals surface area contributed by atoms with Crippen LogP contribution in [0, 0.1) is 0 Å². The zero-order valence-corrected chi connectivity index (χ0v) is 18.1. The number of amides is 2. The first-order valence-corrected chi connectivity index (χ1v) is 11.3. The lowest BCUT2D eigenvalue weighted by Crippen LogP contribution is -2.50. The Morgan fingerprint density at radius 3 is 2.39 bits per heavy atom. The highest BCUT2D eigenvalue weighted by Crippen LogP contribution is 2.36. The summed E-state index contributed by atoms with van der Waals surface area (Å²) in [6.45, 7) is 6.50. The summed E-state index contributed by atoms with van der Waals surface area (Å²) in [6, 6.07) is 3.72. The van der Waals surface area contributed by atoms with E-state index in [0.717, 1.165) is 51.2 Å². The van der Waals surface area contributed by atoms with Crippen LogP contribution in [0.1, 0.15) is 31.2 Å². The van der Waals surface area contributed by atoms with E-state index >= 15 is 0 Å². The van der Waals surface area contributed by atoms with Crippen LogP contribution in [0.15, 0.2) is 18.2 Å². The molecule has 0 aromatic heterocycles. The highest BCUT2D eigenvalue weighted by Gasteiger charge is 2.33. The van der Waals surface area contributed by atoms with E-state index in [2.05, 4.69) is 20.0 Å². The van der Waals surface area contributed by atoms with Gasteiger partial charge in [0, 0.05) is 45.3 Å². The molecule has 0 bridgehead atoms. The van der Waals surface area contributed by atoms with Crippen molar-refractivity contribution in [3.05, 3.63) is 23.8 Å². The van der Waals surface area contributed by atoms with Gasteiger partial charge in [-0.2, -0.15) is 13.2 Å². The van der Waals surface area contributed by atoms with Crippen LogP contribution in [0.2, 0.25) is 0 Å². The quantitative estimate of drug-likeness (QED) is 0.782. The van der Waals surface area contributed by atoms with Gasteiger partial charge in [0.15, 0.2) is 0 Å². The first-order chi connectivity index (χ1) is 14.8. The number of alkyl halides is 3. The van der Waals surface area contributed by atoms with E-state index in [1.807, 2.05) is 7.05 Å². The van der Waals surface area contributed by atoms with Gasteiger partial charge in [0.25, 0.3) is 0 Å². The summed E-state index contributed by atoms with van der Waals surface area (Å²) in [7, 11) is 2.03. The number of hydrogen-bond acceptors (Lipinski definition) is 4. The van der Waals surface area contributed by atoms with Gasteiger partial charge in [-0.15, -0.1) is 0 Å². The maximum Gasteiger partial charge on any atom is 0.416 e. The number of hydrogen-bond donors (Lipinski definition) is 1. The Balaban J connectivity index is 1.51. The number of anilines is 2. The standard InChI is InChI=1S/C22H32F3N5O/c1-27-11-13-29(14-12-27)20-7-6-17(22(23,24)25)15-19(20)26-21(31)30-10-4-5-18(16-30)28-8-2-3-9-28/h6-7,15,18H,2-5,8-14,16H2,1H3,(H,26,31)/t18-/m0/s1. The fourth-order valence-corrected chi connectivity index (χ4v) is 4.87. The van der Waals surface area contributed by atoms with Crippen molar-refractivity contribution >= 4 is 17.4 Å². The van der Waals surface area contributed by atoms with Crippen molar-refractivity contribution in [2.45, 2.75) is 37.9 Å². The van der Waals surface area contributed by atoms with Crippen molar-refractivity contribution in [1.82, 2.24) is 14.7 Å². The van der Waals surface area contributed by atoms with Crippen molar-refractivity contribution < 1.29 is 18.0 Å². The number of carbonyl (C=O) groups is 1. The molecule has 0 radical (unpaired) electrons. The molecule has 6 nitrogen and oxygen atoms in total. The number of piperazine rings is 1. The van der Waals surface area contributed by atoms with Gasteiger partial charge in [-0.1, -0.05) is 0 Å². The third-order valence-electron chi connectivity index (χ3n) is 6.75. The van der Waals surface area contributed by atoms with E-state index < -0.39 is 11.7 Å². The lowest BCUT2D eigenvalue weighted by molar-refractivity contribution is -0.137. The molecule has 0 unspecified atom stereocenters. The summed E-state index contributed by atoms with van der Waals surface area (Å²) in [5, 5.41) is 2.83. The van der Waals surface area contributed by atoms with Crippen molar-refractivity contribution in [2.75, 3.05) is 69.6 Å². The van der Waals surface area contributed by atoms with E-state index in [1.165, 1.54) is 18.9 Å². The minimum absolute atomic E-state index is 0.243. The van der Waals surface area contributed by atoms with Crippen LogP contribution in [0.25, 0.3) is 0 Å². The van der Waals surface area contributed by atoms with Crippen LogP contribution in [-0.2, 0) is 6.18 Å². The van der Waals surface area contributed by atoms with Gasteiger partial charge in [0.05, 0.1) is 16.9 Å². The second kappa shape index (κ2) is 9.24. The number of likely N-dealkylation sites (tertiary alicyclic amines) is 2. The molecule has 9 heteroatoms. The molecular formula is C22H32F3N5O. The normalized spacial score (nSPS) is 23.9. The van der Waals surface area contributed by atoms with E-state index in [9.17, 15) is 18.0 Å². The topological polar surface area (TPSA) is 42.1 Å². The molecular weight excluding hydrogens is 407 g/mol. The van der Waals surface area contributed by atoms with Gasteiger partial charge in [-0.25, -0.2) is 4.79 Å². The monoisotopic (exact) mass is 439 g/mol. The van der Waals surface area contributed by atoms with Gasteiger partial charge in [-0.3, -0.25) is 4.90 Å². The molecule has 3 fully saturated rings. The van der Waals surface area contributed by atoms with Crippen molar-refractivity contribution in [3.63, 3.8) is 0 Å². The number of nitrogens with one attached hydrogen (secondary N) is 1. The summed E-state index contributed by atoms with van der Waals surface area (Å²) < 4.78 is 40.1. The van der Waals surface area contributed by atoms with E-state index in [-0.39, 0.29) is 11.7 Å². The van der Waals surface area contributed by atoms with Crippen molar-refractivity contribution in [1.29, 1.82) is 0 Å². The summed E-state index contributed by atoms with van der Waals surface area (Å²) in [6.07, 6.45) is -0.0723. The summed E-state index contributed by atoms with van der Waals surface area (Å²) in [5.74, 6) is 0. The molecule has 0 spiro atoms. The van der Waals surface area contributed by atoms with Crippen LogP contribution in [0.3, 0.4) is 0 Å². The number of urea groups is 1. The molecule has 1 aromatic carbocycles. The number of benzene rings is 1. The average molecular weight is 440 g/mol. The summed E-state index contributed by atoms with van der Waals surface area (Å²) in [5.41, 5.74) is 0.157. The Bertz CT molecular complexity index is 773. The molecule has 31 heavy (non-hydrogen) atoms. The predicted molar refractivity (Wildman–Crippen MR) is 116 cm³/mol.